The van der Waals surface area contributed by atoms with Crippen LogP contribution in [0.1, 0.15) is 13.3 Å². The topological polar surface area (TPSA) is 15.3 Å². The number of rotatable bonds is 3. The number of halogens is 1. The van der Waals surface area contributed by atoms with E-state index in [1.54, 1.807) is 5.54 Å². The molecule has 1 aliphatic rings. The van der Waals surface area contributed by atoms with Crippen molar-refractivity contribution in [2.75, 3.05) is 26.2 Å². The highest BCUT2D eigenvalue weighted by atomic mass is 35.5. The van der Waals surface area contributed by atoms with E-state index >= 15 is 0 Å². The zero-order valence-corrected chi connectivity index (χ0v) is 8.35. The van der Waals surface area contributed by atoms with Crippen molar-refractivity contribution in [2.45, 2.75) is 19.4 Å². The van der Waals surface area contributed by atoms with Crippen LogP contribution in [-0.4, -0.2) is 37.1 Å². The van der Waals surface area contributed by atoms with Gasteiger partial charge in [0, 0.05) is 37.8 Å². The third-order valence-corrected chi connectivity index (χ3v) is 2.46. The fraction of sp³-hybridized carbons (Fsp3) is 0.778. The molecule has 1 unspecified atom stereocenters. The second kappa shape index (κ2) is 5.57. The molecule has 2 nitrogen and oxygen atoms in total. The number of nitrogens with one attached hydrogen (secondary N) is 1. The maximum absolute atomic E-state index is 5.47. The van der Waals surface area contributed by atoms with Crippen molar-refractivity contribution in [3.63, 3.8) is 0 Å². The maximum atomic E-state index is 5.47. The Balaban J connectivity index is 2.25. The molecule has 1 heterocycles. The van der Waals surface area contributed by atoms with Crippen LogP contribution in [0.25, 0.3) is 0 Å². The van der Waals surface area contributed by atoms with Gasteiger partial charge < -0.3 is 5.32 Å². The van der Waals surface area contributed by atoms with E-state index in [1.165, 1.54) is 6.42 Å². The predicted octanol–water partition coefficient (Wildman–Crippen LogP) is 1.42. The molecule has 0 aromatic carbocycles. The summed E-state index contributed by atoms with van der Waals surface area (Å²) in [6.07, 6.45) is 3.21. The van der Waals surface area contributed by atoms with Crippen LogP contribution in [0.4, 0.5) is 0 Å². The average Bonchev–Trinajstić information content (AvgIpc) is 2.15. The quantitative estimate of drug-likeness (QED) is 0.721. The van der Waals surface area contributed by atoms with Gasteiger partial charge in [-0.25, -0.2) is 0 Å². The molecule has 0 bridgehead atoms. The van der Waals surface area contributed by atoms with E-state index in [0.717, 1.165) is 26.2 Å². The summed E-state index contributed by atoms with van der Waals surface area (Å²) in [5.41, 5.74) is 1.60. The highest BCUT2D eigenvalue weighted by Crippen LogP contribution is 2.01. The summed E-state index contributed by atoms with van der Waals surface area (Å²) in [4.78, 5) is 2.42. The fourth-order valence-corrected chi connectivity index (χ4v) is 1.60. The third-order valence-electron chi connectivity index (χ3n) is 2.29. The lowest BCUT2D eigenvalue weighted by Crippen LogP contribution is -2.50. The summed E-state index contributed by atoms with van der Waals surface area (Å²) in [6.45, 7) is 6.60. The summed E-state index contributed by atoms with van der Waals surface area (Å²) in [7, 11) is 0. The molecule has 0 aliphatic carbocycles. The molecule has 0 aromatic heterocycles. The lowest BCUT2D eigenvalue weighted by atomic mass is 10.1. The zero-order chi connectivity index (χ0) is 8.81. The molecule has 1 fully saturated rings. The van der Waals surface area contributed by atoms with Crippen molar-refractivity contribution >= 4 is 11.6 Å². The molecule has 70 valence electrons. The molecular weight excluding hydrogens is 172 g/mol. The number of nitrogens with zero attached hydrogens (tertiary/aromatic N) is 1. The smallest absolute Gasteiger partial charge is 0.0193 e. The van der Waals surface area contributed by atoms with Crippen LogP contribution in [0.3, 0.4) is 0 Å². The second-order valence-corrected chi connectivity index (χ2v) is 3.43. The minimum absolute atomic E-state index is 0.669. The van der Waals surface area contributed by atoms with Crippen molar-refractivity contribution in [1.82, 2.24) is 10.2 Å². The average molecular weight is 189 g/mol. The molecule has 0 saturated carbocycles. The first kappa shape index (κ1) is 10.0. The van der Waals surface area contributed by atoms with Crippen LogP contribution in [0.15, 0.2) is 11.6 Å². The molecular formula is C9H17ClN2. The standard InChI is InChI=1S/C9H17ClN2/c1-2-9-8-12(6-3-4-10)7-5-11-9/h3-4,9,11H,2,5-8H2,1H3/b4-3+. The van der Waals surface area contributed by atoms with Crippen LogP contribution in [0, 0.1) is 0 Å². The molecule has 1 aliphatic heterocycles. The van der Waals surface area contributed by atoms with E-state index in [-0.39, 0.29) is 0 Å². The summed E-state index contributed by atoms with van der Waals surface area (Å²) in [5.74, 6) is 0. The first-order valence-electron chi connectivity index (χ1n) is 4.57. The number of hydrogen-bond acceptors (Lipinski definition) is 2. The van der Waals surface area contributed by atoms with Crippen LogP contribution >= 0.6 is 11.6 Å². The van der Waals surface area contributed by atoms with Gasteiger partial charge in [0.1, 0.15) is 0 Å². The van der Waals surface area contributed by atoms with Crippen molar-refractivity contribution in [3.8, 4) is 0 Å². The van der Waals surface area contributed by atoms with Gasteiger partial charge in [0.2, 0.25) is 0 Å². The van der Waals surface area contributed by atoms with Gasteiger partial charge >= 0.3 is 0 Å². The van der Waals surface area contributed by atoms with E-state index < -0.39 is 0 Å². The van der Waals surface area contributed by atoms with Gasteiger partial charge in [0.15, 0.2) is 0 Å². The van der Waals surface area contributed by atoms with Crippen LogP contribution in [-0.2, 0) is 0 Å². The van der Waals surface area contributed by atoms with E-state index in [9.17, 15) is 0 Å². The van der Waals surface area contributed by atoms with Gasteiger partial charge in [-0.15, -0.1) is 0 Å². The van der Waals surface area contributed by atoms with Crippen LogP contribution in [0.5, 0.6) is 0 Å². The Labute approximate surface area is 79.6 Å². The maximum Gasteiger partial charge on any atom is 0.0193 e. The third kappa shape index (κ3) is 3.13. The molecule has 0 aromatic rings. The Morgan fingerprint density at radius 2 is 2.50 bits per heavy atom. The van der Waals surface area contributed by atoms with E-state index in [2.05, 4.69) is 17.1 Å². The summed E-state index contributed by atoms with van der Waals surface area (Å²) in [6, 6.07) is 0.669. The van der Waals surface area contributed by atoms with Crippen LogP contribution in [0.2, 0.25) is 0 Å². The number of piperazine rings is 1. The van der Waals surface area contributed by atoms with Crippen molar-refractivity contribution in [2.24, 2.45) is 0 Å². The first-order valence-corrected chi connectivity index (χ1v) is 5.01. The molecule has 0 spiro atoms. The lowest BCUT2D eigenvalue weighted by molar-refractivity contribution is 0.215. The molecule has 12 heavy (non-hydrogen) atoms. The second-order valence-electron chi connectivity index (χ2n) is 3.18. The minimum Gasteiger partial charge on any atom is -0.311 e. The predicted molar refractivity (Wildman–Crippen MR) is 53.5 cm³/mol. The van der Waals surface area contributed by atoms with Gasteiger partial charge in [0.05, 0.1) is 0 Å². The van der Waals surface area contributed by atoms with E-state index in [1.807, 2.05) is 6.08 Å². The zero-order valence-electron chi connectivity index (χ0n) is 7.59. The summed E-state index contributed by atoms with van der Waals surface area (Å²) < 4.78 is 0. The summed E-state index contributed by atoms with van der Waals surface area (Å²) >= 11 is 5.47. The Hall–Kier alpha value is -0.0500. The minimum atomic E-state index is 0.669. The monoisotopic (exact) mass is 188 g/mol. The lowest BCUT2D eigenvalue weighted by Gasteiger charge is -2.32. The first-order chi connectivity index (χ1) is 5.86. The van der Waals surface area contributed by atoms with Gasteiger partial charge in [-0.05, 0) is 6.42 Å². The fourth-order valence-electron chi connectivity index (χ4n) is 1.52. The van der Waals surface area contributed by atoms with Crippen molar-refractivity contribution in [1.29, 1.82) is 0 Å². The highest BCUT2D eigenvalue weighted by molar-refractivity contribution is 6.25. The highest BCUT2D eigenvalue weighted by Gasteiger charge is 2.15. The molecule has 1 saturated heterocycles. The molecule has 1 rings (SSSR count). The van der Waals surface area contributed by atoms with Gasteiger partial charge in [-0.1, -0.05) is 24.6 Å². The number of hydrogen-bond donors (Lipinski definition) is 1. The molecule has 0 radical (unpaired) electrons. The Bertz CT molecular complexity index is 147. The van der Waals surface area contributed by atoms with E-state index in [0.29, 0.717) is 6.04 Å². The molecule has 1 atom stereocenters. The Morgan fingerprint density at radius 3 is 3.17 bits per heavy atom. The molecule has 0 amide bonds. The largest absolute Gasteiger partial charge is 0.311 e. The van der Waals surface area contributed by atoms with Gasteiger partial charge in [-0.2, -0.15) is 0 Å². The Kier molecular flexibility index (Phi) is 4.66. The van der Waals surface area contributed by atoms with Crippen molar-refractivity contribution in [3.05, 3.63) is 11.6 Å². The van der Waals surface area contributed by atoms with Crippen molar-refractivity contribution < 1.29 is 0 Å². The SMILES string of the molecule is CCC1CN(C/C=C/Cl)CCN1. The summed E-state index contributed by atoms with van der Waals surface area (Å²) in [5, 5.41) is 3.48. The molecule has 1 N–H and O–H groups in total. The van der Waals surface area contributed by atoms with E-state index in [4.69, 9.17) is 11.6 Å². The normalized spacial score (nSPS) is 26.7. The van der Waals surface area contributed by atoms with Gasteiger partial charge in [0.25, 0.3) is 0 Å². The van der Waals surface area contributed by atoms with Gasteiger partial charge in [-0.3, -0.25) is 4.90 Å². The van der Waals surface area contributed by atoms with Crippen LogP contribution < -0.4 is 5.32 Å². The molecule has 3 heteroatoms. The Morgan fingerprint density at radius 1 is 1.67 bits per heavy atom.